The fourth-order valence-electron chi connectivity index (χ4n) is 1.24. The molecule has 2 N–H and O–H groups in total. The van der Waals surface area contributed by atoms with Gasteiger partial charge in [-0.05, 0) is 25.8 Å². The maximum Gasteiger partial charge on any atom is 0.0592 e. The summed E-state index contributed by atoms with van der Waals surface area (Å²) in [5.74, 6) is 0.416. The van der Waals surface area contributed by atoms with E-state index in [9.17, 15) is 5.11 Å². The monoisotopic (exact) mass is 129 g/mol. The van der Waals surface area contributed by atoms with Crippen molar-refractivity contribution in [2.45, 2.75) is 32.4 Å². The molecule has 1 aliphatic heterocycles. The van der Waals surface area contributed by atoms with Crippen molar-refractivity contribution in [1.82, 2.24) is 5.32 Å². The van der Waals surface area contributed by atoms with Gasteiger partial charge in [-0.1, -0.05) is 6.92 Å². The summed E-state index contributed by atoms with van der Waals surface area (Å²) < 4.78 is 0. The van der Waals surface area contributed by atoms with Crippen molar-refractivity contribution in [3.63, 3.8) is 0 Å². The average Bonchev–Trinajstić information content (AvgIpc) is 1.83. The van der Waals surface area contributed by atoms with Crippen LogP contribution in [0.3, 0.4) is 0 Å². The highest BCUT2D eigenvalue weighted by atomic mass is 16.3. The standard InChI is InChI=1S/C7H15NO/c1-5-6(2)8-4-3-7(5)9/h5-9H,3-4H2,1-2H3/t5-,6+,7+/m1/s1. The Labute approximate surface area is 56.3 Å². The molecule has 0 aromatic rings. The third kappa shape index (κ3) is 1.43. The van der Waals surface area contributed by atoms with Crippen LogP contribution in [0.2, 0.25) is 0 Å². The van der Waals surface area contributed by atoms with Gasteiger partial charge in [0.2, 0.25) is 0 Å². The van der Waals surface area contributed by atoms with E-state index in [1.54, 1.807) is 0 Å². The van der Waals surface area contributed by atoms with Gasteiger partial charge in [0.05, 0.1) is 6.10 Å². The first kappa shape index (κ1) is 7.03. The van der Waals surface area contributed by atoms with E-state index in [2.05, 4.69) is 19.2 Å². The highest BCUT2D eigenvalue weighted by Gasteiger charge is 2.23. The van der Waals surface area contributed by atoms with Crippen LogP contribution in [0.4, 0.5) is 0 Å². The van der Waals surface area contributed by atoms with E-state index in [4.69, 9.17) is 0 Å². The maximum absolute atomic E-state index is 9.31. The molecule has 9 heavy (non-hydrogen) atoms. The lowest BCUT2D eigenvalue weighted by Gasteiger charge is -2.31. The third-order valence-corrected chi connectivity index (χ3v) is 2.30. The van der Waals surface area contributed by atoms with Crippen LogP contribution in [-0.4, -0.2) is 23.8 Å². The normalized spacial score (nSPS) is 45.0. The minimum absolute atomic E-state index is 0.0822. The number of hydrogen-bond acceptors (Lipinski definition) is 2. The van der Waals surface area contributed by atoms with Gasteiger partial charge in [-0.3, -0.25) is 0 Å². The summed E-state index contributed by atoms with van der Waals surface area (Å²) >= 11 is 0. The minimum Gasteiger partial charge on any atom is -0.393 e. The lowest BCUT2D eigenvalue weighted by atomic mass is 9.91. The van der Waals surface area contributed by atoms with E-state index in [0.29, 0.717) is 12.0 Å². The summed E-state index contributed by atoms with van der Waals surface area (Å²) in [6.45, 7) is 5.17. The van der Waals surface area contributed by atoms with Gasteiger partial charge < -0.3 is 10.4 Å². The summed E-state index contributed by atoms with van der Waals surface area (Å²) in [6.07, 6.45) is 0.826. The first-order valence-corrected chi connectivity index (χ1v) is 3.63. The van der Waals surface area contributed by atoms with Crippen molar-refractivity contribution >= 4 is 0 Å². The molecule has 0 spiro atoms. The van der Waals surface area contributed by atoms with Crippen molar-refractivity contribution < 1.29 is 5.11 Å². The molecule has 3 atom stereocenters. The molecule has 0 radical (unpaired) electrons. The Kier molecular flexibility index (Phi) is 2.09. The number of aliphatic hydroxyl groups excluding tert-OH is 1. The number of hydrogen-bond donors (Lipinski definition) is 2. The van der Waals surface area contributed by atoms with E-state index >= 15 is 0 Å². The second-order valence-corrected chi connectivity index (χ2v) is 2.96. The van der Waals surface area contributed by atoms with E-state index in [1.165, 1.54) is 0 Å². The molecule has 0 aliphatic carbocycles. The topological polar surface area (TPSA) is 32.3 Å². The van der Waals surface area contributed by atoms with Crippen LogP contribution in [0.15, 0.2) is 0 Å². The zero-order valence-electron chi connectivity index (χ0n) is 6.09. The van der Waals surface area contributed by atoms with Crippen molar-refractivity contribution in [1.29, 1.82) is 0 Å². The molecule has 0 amide bonds. The summed E-state index contributed by atoms with van der Waals surface area (Å²) in [7, 11) is 0. The Hall–Kier alpha value is -0.0800. The van der Waals surface area contributed by atoms with Crippen LogP contribution in [0.25, 0.3) is 0 Å². The first-order valence-electron chi connectivity index (χ1n) is 3.63. The van der Waals surface area contributed by atoms with Crippen molar-refractivity contribution in [3.8, 4) is 0 Å². The quantitative estimate of drug-likeness (QED) is 0.495. The third-order valence-electron chi connectivity index (χ3n) is 2.30. The van der Waals surface area contributed by atoms with E-state index < -0.39 is 0 Å². The molecule has 1 fully saturated rings. The molecule has 1 rings (SSSR count). The number of piperidine rings is 1. The molecule has 54 valence electrons. The fraction of sp³-hybridized carbons (Fsp3) is 1.00. The first-order chi connectivity index (χ1) is 4.22. The second-order valence-electron chi connectivity index (χ2n) is 2.96. The largest absolute Gasteiger partial charge is 0.393 e. The Bertz CT molecular complexity index is 84.9. The van der Waals surface area contributed by atoms with Crippen LogP contribution in [0.1, 0.15) is 20.3 Å². The lowest BCUT2D eigenvalue weighted by molar-refractivity contribution is 0.0661. The maximum atomic E-state index is 9.31. The molecule has 1 aliphatic rings. The molecule has 2 heteroatoms. The molecular formula is C7H15NO. The minimum atomic E-state index is -0.0822. The van der Waals surface area contributed by atoms with Crippen LogP contribution in [-0.2, 0) is 0 Å². The summed E-state index contributed by atoms with van der Waals surface area (Å²) in [4.78, 5) is 0. The fourth-order valence-corrected chi connectivity index (χ4v) is 1.24. The zero-order chi connectivity index (χ0) is 6.85. The van der Waals surface area contributed by atoms with Crippen molar-refractivity contribution in [2.75, 3.05) is 6.54 Å². The lowest BCUT2D eigenvalue weighted by Crippen LogP contribution is -2.45. The molecule has 0 aromatic carbocycles. The SMILES string of the molecule is C[C@@H]1[C@H](C)NCC[C@@H]1O. The van der Waals surface area contributed by atoms with Crippen LogP contribution >= 0.6 is 0 Å². The van der Waals surface area contributed by atoms with Gasteiger partial charge in [0.25, 0.3) is 0 Å². The molecular weight excluding hydrogens is 114 g/mol. The Morgan fingerprint density at radius 2 is 2.11 bits per heavy atom. The predicted molar refractivity (Wildman–Crippen MR) is 37.3 cm³/mol. The molecule has 0 bridgehead atoms. The number of aliphatic hydroxyl groups is 1. The van der Waals surface area contributed by atoms with Gasteiger partial charge in [0.1, 0.15) is 0 Å². The highest BCUT2D eigenvalue weighted by Crippen LogP contribution is 2.15. The van der Waals surface area contributed by atoms with Gasteiger partial charge in [-0.25, -0.2) is 0 Å². The number of nitrogens with one attached hydrogen (secondary N) is 1. The Morgan fingerprint density at radius 3 is 2.56 bits per heavy atom. The van der Waals surface area contributed by atoms with Gasteiger partial charge in [0, 0.05) is 6.04 Å². The van der Waals surface area contributed by atoms with E-state index in [1.807, 2.05) is 0 Å². The van der Waals surface area contributed by atoms with Gasteiger partial charge in [-0.2, -0.15) is 0 Å². The van der Waals surface area contributed by atoms with Gasteiger partial charge in [-0.15, -0.1) is 0 Å². The molecule has 1 saturated heterocycles. The average molecular weight is 129 g/mol. The molecule has 0 unspecified atom stereocenters. The highest BCUT2D eigenvalue weighted by molar-refractivity contribution is 4.80. The smallest absolute Gasteiger partial charge is 0.0592 e. The Morgan fingerprint density at radius 1 is 1.44 bits per heavy atom. The molecule has 1 heterocycles. The number of rotatable bonds is 0. The molecule has 2 nitrogen and oxygen atoms in total. The Balaban J connectivity index is 2.41. The van der Waals surface area contributed by atoms with Crippen LogP contribution < -0.4 is 5.32 Å². The molecule has 0 aromatic heterocycles. The summed E-state index contributed by atoms with van der Waals surface area (Å²) in [5, 5.41) is 12.6. The van der Waals surface area contributed by atoms with E-state index in [0.717, 1.165) is 13.0 Å². The van der Waals surface area contributed by atoms with E-state index in [-0.39, 0.29) is 6.10 Å². The summed E-state index contributed by atoms with van der Waals surface area (Å²) in [5.41, 5.74) is 0. The van der Waals surface area contributed by atoms with Gasteiger partial charge >= 0.3 is 0 Å². The van der Waals surface area contributed by atoms with Crippen LogP contribution in [0.5, 0.6) is 0 Å². The van der Waals surface area contributed by atoms with Gasteiger partial charge in [0.15, 0.2) is 0 Å². The zero-order valence-corrected chi connectivity index (χ0v) is 6.09. The van der Waals surface area contributed by atoms with Crippen molar-refractivity contribution in [2.24, 2.45) is 5.92 Å². The molecule has 0 saturated carbocycles. The summed E-state index contributed by atoms with van der Waals surface area (Å²) in [6, 6.07) is 0.480. The predicted octanol–water partition coefficient (Wildman–Crippen LogP) is 0.365. The second kappa shape index (κ2) is 2.67. The van der Waals surface area contributed by atoms with Crippen LogP contribution in [0, 0.1) is 5.92 Å². The van der Waals surface area contributed by atoms with Crippen molar-refractivity contribution in [3.05, 3.63) is 0 Å².